The van der Waals surface area contributed by atoms with Crippen molar-refractivity contribution in [3.05, 3.63) is 59.2 Å². The first-order valence-electron chi connectivity index (χ1n) is 8.97. The largest absolute Gasteiger partial charge is 0.493 e. The summed E-state index contributed by atoms with van der Waals surface area (Å²) in [6.07, 6.45) is -4.42. The number of rotatable bonds is 6. The number of hydrogen-bond acceptors (Lipinski definition) is 5. The molecule has 0 aromatic heterocycles. The lowest BCUT2D eigenvalue weighted by molar-refractivity contribution is -0.137. The van der Waals surface area contributed by atoms with Crippen LogP contribution >= 0.6 is 0 Å². The van der Waals surface area contributed by atoms with E-state index in [0.29, 0.717) is 23.6 Å². The number of carbonyl (C=O) groups excluding carboxylic acids is 1. The Labute approximate surface area is 166 Å². The lowest BCUT2D eigenvalue weighted by atomic mass is 9.93. The maximum absolute atomic E-state index is 12.8. The number of halogens is 3. The Bertz CT molecular complexity index is 874. The normalized spacial score (nSPS) is 19.1. The van der Waals surface area contributed by atoms with Crippen LogP contribution in [0.15, 0.2) is 42.5 Å². The molecule has 1 aliphatic rings. The van der Waals surface area contributed by atoms with Crippen LogP contribution in [0.2, 0.25) is 0 Å². The van der Waals surface area contributed by atoms with Crippen molar-refractivity contribution in [1.29, 1.82) is 0 Å². The molecule has 0 bridgehead atoms. The fourth-order valence-corrected chi connectivity index (χ4v) is 3.28. The number of ether oxygens (including phenoxy) is 2. The lowest BCUT2D eigenvalue weighted by Gasteiger charge is -2.20. The second-order valence-electron chi connectivity index (χ2n) is 6.64. The molecule has 29 heavy (non-hydrogen) atoms. The predicted molar refractivity (Wildman–Crippen MR) is 100 cm³/mol. The predicted octanol–water partition coefficient (Wildman–Crippen LogP) is 2.80. The Balaban J connectivity index is 1.69. The van der Waals surface area contributed by atoms with Gasteiger partial charge in [-0.15, -0.1) is 0 Å². The van der Waals surface area contributed by atoms with Gasteiger partial charge in [-0.3, -0.25) is 10.2 Å². The van der Waals surface area contributed by atoms with Gasteiger partial charge in [-0.2, -0.15) is 13.2 Å². The standard InChI is InChI=1S/C20H22F3N3O3/c1-28-16-7-6-13(9-17(16)29-2)18-15(11-25-26-18)19(27)24-10-12-4-3-5-14(8-12)20(21,22)23/h3-9,15,18,25-26H,10-11H2,1-2H3,(H,24,27). The van der Waals surface area contributed by atoms with Gasteiger partial charge in [-0.25, -0.2) is 5.43 Å². The number of hydrazine groups is 1. The average Bonchev–Trinajstić information content (AvgIpc) is 3.21. The third-order valence-electron chi connectivity index (χ3n) is 4.81. The van der Waals surface area contributed by atoms with Crippen LogP contribution in [0, 0.1) is 5.92 Å². The lowest BCUT2D eigenvalue weighted by Crippen LogP contribution is -2.34. The van der Waals surface area contributed by atoms with Crippen molar-refractivity contribution in [2.24, 2.45) is 5.92 Å². The molecule has 0 saturated carbocycles. The van der Waals surface area contributed by atoms with Crippen LogP contribution in [0.1, 0.15) is 22.7 Å². The van der Waals surface area contributed by atoms with Crippen molar-refractivity contribution in [3.8, 4) is 11.5 Å². The molecule has 2 atom stereocenters. The molecular weight excluding hydrogens is 387 g/mol. The number of nitrogens with one attached hydrogen (secondary N) is 3. The molecule has 2 unspecified atom stereocenters. The van der Waals surface area contributed by atoms with Crippen molar-refractivity contribution < 1.29 is 27.4 Å². The Morgan fingerprint density at radius 2 is 1.90 bits per heavy atom. The summed E-state index contributed by atoms with van der Waals surface area (Å²) in [6.45, 7) is 0.394. The highest BCUT2D eigenvalue weighted by atomic mass is 19.4. The summed E-state index contributed by atoms with van der Waals surface area (Å²) in [5.74, 6) is 0.410. The Hall–Kier alpha value is -2.78. The van der Waals surface area contributed by atoms with Crippen LogP contribution in [0.4, 0.5) is 13.2 Å². The van der Waals surface area contributed by atoms with Crippen molar-refractivity contribution >= 4 is 5.91 Å². The summed E-state index contributed by atoms with van der Waals surface area (Å²) < 4.78 is 49.1. The minimum Gasteiger partial charge on any atom is -0.493 e. The van der Waals surface area contributed by atoms with Gasteiger partial charge < -0.3 is 14.8 Å². The molecule has 3 N–H and O–H groups in total. The van der Waals surface area contributed by atoms with Crippen molar-refractivity contribution in [3.63, 3.8) is 0 Å². The molecule has 9 heteroatoms. The molecule has 2 aromatic rings. The molecular formula is C20H22F3N3O3. The summed E-state index contributed by atoms with van der Waals surface area (Å²) in [4.78, 5) is 12.7. The maximum Gasteiger partial charge on any atom is 0.416 e. The van der Waals surface area contributed by atoms with E-state index in [4.69, 9.17) is 9.47 Å². The third-order valence-corrected chi connectivity index (χ3v) is 4.81. The van der Waals surface area contributed by atoms with Gasteiger partial charge in [0, 0.05) is 13.1 Å². The van der Waals surface area contributed by atoms with E-state index in [-0.39, 0.29) is 18.5 Å². The van der Waals surface area contributed by atoms with Crippen LogP contribution in [0.25, 0.3) is 0 Å². The summed E-state index contributed by atoms with van der Waals surface area (Å²) >= 11 is 0. The van der Waals surface area contributed by atoms with Gasteiger partial charge in [-0.1, -0.05) is 18.2 Å². The number of methoxy groups -OCH3 is 2. The molecule has 0 spiro atoms. The number of hydrogen-bond donors (Lipinski definition) is 3. The summed E-state index contributed by atoms with van der Waals surface area (Å²) in [5.41, 5.74) is 6.50. The average molecular weight is 409 g/mol. The molecule has 1 amide bonds. The first-order valence-corrected chi connectivity index (χ1v) is 8.97. The number of amides is 1. The first kappa shape index (κ1) is 20.9. The zero-order valence-corrected chi connectivity index (χ0v) is 16.0. The quantitative estimate of drug-likeness (QED) is 0.685. The molecule has 0 radical (unpaired) electrons. The summed E-state index contributed by atoms with van der Waals surface area (Å²) in [7, 11) is 3.07. The molecule has 6 nitrogen and oxygen atoms in total. The Morgan fingerprint density at radius 1 is 1.14 bits per heavy atom. The van der Waals surface area contributed by atoms with Gasteiger partial charge in [0.1, 0.15) is 0 Å². The van der Waals surface area contributed by atoms with E-state index in [2.05, 4.69) is 16.2 Å². The van der Waals surface area contributed by atoms with Gasteiger partial charge >= 0.3 is 6.18 Å². The van der Waals surface area contributed by atoms with Crippen molar-refractivity contribution in [1.82, 2.24) is 16.2 Å². The highest BCUT2D eigenvalue weighted by Gasteiger charge is 2.34. The van der Waals surface area contributed by atoms with Crippen LogP contribution < -0.4 is 25.6 Å². The molecule has 1 fully saturated rings. The number of carbonyl (C=O) groups is 1. The fraction of sp³-hybridized carbons (Fsp3) is 0.350. The van der Waals surface area contributed by atoms with E-state index in [1.165, 1.54) is 20.3 Å². The smallest absolute Gasteiger partial charge is 0.416 e. The van der Waals surface area contributed by atoms with E-state index >= 15 is 0 Å². The number of alkyl halides is 3. The van der Waals surface area contributed by atoms with E-state index in [1.54, 1.807) is 18.2 Å². The maximum atomic E-state index is 12.8. The first-order chi connectivity index (χ1) is 13.8. The topological polar surface area (TPSA) is 71.6 Å². The molecule has 1 aliphatic heterocycles. The zero-order chi connectivity index (χ0) is 21.0. The second-order valence-corrected chi connectivity index (χ2v) is 6.64. The highest BCUT2D eigenvalue weighted by molar-refractivity contribution is 5.80. The Kier molecular flexibility index (Phi) is 6.29. The van der Waals surface area contributed by atoms with Gasteiger partial charge in [-0.05, 0) is 35.4 Å². The summed E-state index contributed by atoms with van der Waals surface area (Å²) in [6, 6.07) is 9.97. The van der Waals surface area contributed by atoms with Gasteiger partial charge in [0.15, 0.2) is 11.5 Å². The SMILES string of the molecule is COc1ccc(C2NNCC2C(=O)NCc2cccc(C(F)(F)F)c2)cc1OC. The van der Waals surface area contributed by atoms with E-state index in [1.807, 2.05) is 6.07 Å². The van der Waals surface area contributed by atoms with Crippen molar-refractivity contribution in [2.75, 3.05) is 20.8 Å². The van der Waals surface area contributed by atoms with Gasteiger partial charge in [0.2, 0.25) is 5.91 Å². The van der Waals surface area contributed by atoms with E-state index in [9.17, 15) is 18.0 Å². The molecule has 1 heterocycles. The minimum atomic E-state index is -4.42. The van der Waals surface area contributed by atoms with Gasteiger partial charge in [0.25, 0.3) is 0 Å². The van der Waals surface area contributed by atoms with Crippen LogP contribution in [-0.2, 0) is 17.5 Å². The minimum absolute atomic E-state index is 0.0118. The van der Waals surface area contributed by atoms with Crippen LogP contribution in [0.3, 0.4) is 0 Å². The second kappa shape index (κ2) is 8.71. The molecule has 1 saturated heterocycles. The van der Waals surface area contributed by atoms with E-state index in [0.717, 1.165) is 17.7 Å². The summed E-state index contributed by atoms with van der Waals surface area (Å²) in [5, 5.41) is 2.73. The zero-order valence-electron chi connectivity index (χ0n) is 16.0. The third kappa shape index (κ3) is 4.80. The van der Waals surface area contributed by atoms with Gasteiger partial charge in [0.05, 0.1) is 31.7 Å². The van der Waals surface area contributed by atoms with Crippen LogP contribution in [0.5, 0.6) is 11.5 Å². The molecule has 3 rings (SSSR count). The molecule has 0 aliphatic carbocycles. The van der Waals surface area contributed by atoms with Crippen LogP contribution in [-0.4, -0.2) is 26.7 Å². The van der Waals surface area contributed by atoms with Crippen molar-refractivity contribution in [2.45, 2.75) is 18.8 Å². The Morgan fingerprint density at radius 3 is 2.59 bits per heavy atom. The fourth-order valence-electron chi connectivity index (χ4n) is 3.28. The highest BCUT2D eigenvalue weighted by Crippen LogP contribution is 2.33. The molecule has 156 valence electrons. The molecule has 2 aromatic carbocycles. The van der Waals surface area contributed by atoms with E-state index < -0.39 is 17.7 Å². The number of benzene rings is 2. The monoisotopic (exact) mass is 409 g/mol.